The average Bonchev–Trinajstić information content (AvgIpc) is 3.38. The van der Waals surface area contributed by atoms with E-state index in [-0.39, 0.29) is 5.91 Å². The molecule has 1 N–H and O–H groups in total. The number of rotatable bonds is 4. The minimum absolute atomic E-state index is 0.117. The molecular formula is C22H21N3O2S2. The summed E-state index contributed by atoms with van der Waals surface area (Å²) in [6.07, 6.45) is 0. The first-order chi connectivity index (χ1) is 14.2. The zero-order valence-corrected chi connectivity index (χ0v) is 17.7. The summed E-state index contributed by atoms with van der Waals surface area (Å²) in [5, 5.41) is 6.89. The van der Waals surface area contributed by atoms with Crippen molar-refractivity contribution in [3.05, 3.63) is 57.9 Å². The van der Waals surface area contributed by atoms with Crippen molar-refractivity contribution < 1.29 is 9.53 Å². The predicted octanol–water partition coefficient (Wildman–Crippen LogP) is 4.59. The number of aryl methyl sites for hydroxylation is 1. The van der Waals surface area contributed by atoms with E-state index < -0.39 is 0 Å². The summed E-state index contributed by atoms with van der Waals surface area (Å²) in [6.45, 7) is 5.75. The molecule has 0 spiro atoms. The quantitative estimate of drug-likeness (QED) is 0.522. The predicted molar refractivity (Wildman–Crippen MR) is 120 cm³/mol. The van der Waals surface area contributed by atoms with Crippen LogP contribution in [-0.2, 0) is 11.3 Å². The van der Waals surface area contributed by atoms with Crippen molar-refractivity contribution in [1.29, 1.82) is 0 Å². The Hall–Kier alpha value is -2.48. The minimum Gasteiger partial charge on any atom is -0.378 e. The van der Waals surface area contributed by atoms with Crippen LogP contribution < -0.4 is 10.2 Å². The molecule has 0 unspecified atom stereocenters. The fourth-order valence-electron chi connectivity index (χ4n) is 3.69. The zero-order valence-electron chi connectivity index (χ0n) is 16.1. The number of carbonyl (C=O) groups excluding carboxylic acids is 1. The van der Waals surface area contributed by atoms with Crippen LogP contribution in [0.15, 0.2) is 41.8 Å². The molecule has 29 heavy (non-hydrogen) atoms. The highest BCUT2D eigenvalue weighted by molar-refractivity contribution is 7.21. The van der Waals surface area contributed by atoms with Crippen molar-refractivity contribution in [2.75, 3.05) is 31.2 Å². The summed E-state index contributed by atoms with van der Waals surface area (Å²) in [5.41, 5.74) is 4.31. The van der Waals surface area contributed by atoms with E-state index in [4.69, 9.17) is 4.74 Å². The van der Waals surface area contributed by atoms with E-state index >= 15 is 0 Å². The number of thiazole rings is 1. The fraction of sp³-hybridized carbons (Fsp3) is 0.273. The van der Waals surface area contributed by atoms with Gasteiger partial charge in [0.1, 0.15) is 0 Å². The van der Waals surface area contributed by atoms with Crippen LogP contribution in [0.2, 0.25) is 0 Å². The Morgan fingerprint density at radius 2 is 2.03 bits per heavy atom. The summed E-state index contributed by atoms with van der Waals surface area (Å²) in [5.74, 6) is -0.117. The maximum Gasteiger partial charge on any atom is 0.280 e. The van der Waals surface area contributed by atoms with Crippen LogP contribution in [0, 0.1) is 6.92 Å². The van der Waals surface area contributed by atoms with Gasteiger partial charge in [0.25, 0.3) is 5.91 Å². The third kappa shape index (κ3) is 3.50. The number of thiophene rings is 1. The van der Waals surface area contributed by atoms with Crippen molar-refractivity contribution in [3.63, 3.8) is 0 Å². The number of ether oxygens (including phenoxy) is 1. The Morgan fingerprint density at radius 3 is 2.90 bits per heavy atom. The Balaban J connectivity index is 1.41. The van der Waals surface area contributed by atoms with Crippen LogP contribution >= 0.6 is 22.7 Å². The maximum absolute atomic E-state index is 12.9. The number of nitrogens with one attached hydrogen (secondary N) is 1. The number of benzene rings is 2. The second kappa shape index (κ2) is 7.74. The standard InChI is InChI=1S/C22H21N3O2S2/c1-14-6-7-17(25-8-10-27-11-9-25)20-19(14)24-22(29-20)21(26)23-12-15-13-28-18-5-3-2-4-16(15)18/h2-7,13H,8-12H2,1H3,(H,23,26). The molecule has 0 radical (unpaired) electrons. The van der Waals surface area contributed by atoms with E-state index in [9.17, 15) is 4.79 Å². The molecule has 2 aromatic heterocycles. The number of hydrogen-bond acceptors (Lipinski definition) is 6. The molecule has 7 heteroatoms. The van der Waals surface area contributed by atoms with Gasteiger partial charge in [0.2, 0.25) is 0 Å². The lowest BCUT2D eigenvalue weighted by Crippen LogP contribution is -2.36. The lowest BCUT2D eigenvalue weighted by atomic mass is 10.2. The SMILES string of the molecule is Cc1ccc(N2CCOCC2)c2sc(C(=O)NCc3csc4ccccc34)nc12. The average molecular weight is 424 g/mol. The van der Waals surface area contributed by atoms with Gasteiger partial charge in [0.15, 0.2) is 5.01 Å². The molecule has 2 aromatic carbocycles. The smallest absolute Gasteiger partial charge is 0.280 e. The van der Waals surface area contributed by atoms with Crippen LogP contribution in [0.25, 0.3) is 20.3 Å². The van der Waals surface area contributed by atoms with Crippen LogP contribution in [0.1, 0.15) is 20.9 Å². The van der Waals surface area contributed by atoms with Gasteiger partial charge in [-0.1, -0.05) is 24.3 Å². The molecule has 1 amide bonds. The van der Waals surface area contributed by atoms with Gasteiger partial charge < -0.3 is 15.0 Å². The second-order valence-electron chi connectivity index (χ2n) is 7.14. The molecule has 5 rings (SSSR count). The van der Waals surface area contributed by atoms with Crippen molar-refractivity contribution in [2.45, 2.75) is 13.5 Å². The van der Waals surface area contributed by atoms with Crippen LogP contribution in [0.3, 0.4) is 0 Å². The number of morpholine rings is 1. The van der Waals surface area contributed by atoms with Gasteiger partial charge in [-0.25, -0.2) is 4.98 Å². The lowest BCUT2D eigenvalue weighted by Gasteiger charge is -2.29. The molecule has 1 aliphatic rings. The van der Waals surface area contributed by atoms with Gasteiger partial charge in [0.05, 0.1) is 29.1 Å². The van der Waals surface area contributed by atoms with Gasteiger partial charge in [-0.3, -0.25) is 4.79 Å². The molecule has 0 atom stereocenters. The van der Waals surface area contributed by atoms with E-state index in [0.717, 1.165) is 53.3 Å². The number of amides is 1. The Morgan fingerprint density at radius 1 is 1.21 bits per heavy atom. The maximum atomic E-state index is 12.9. The third-order valence-electron chi connectivity index (χ3n) is 5.27. The first-order valence-electron chi connectivity index (χ1n) is 9.67. The largest absolute Gasteiger partial charge is 0.378 e. The van der Waals surface area contributed by atoms with Crippen LogP contribution in [0.4, 0.5) is 5.69 Å². The molecule has 4 aromatic rings. The first-order valence-corrected chi connectivity index (χ1v) is 11.4. The molecular weight excluding hydrogens is 402 g/mol. The first kappa shape index (κ1) is 18.5. The molecule has 148 valence electrons. The summed E-state index contributed by atoms with van der Waals surface area (Å²) in [6, 6.07) is 12.5. The van der Waals surface area contributed by atoms with Crippen molar-refractivity contribution in [2.24, 2.45) is 0 Å². The lowest BCUT2D eigenvalue weighted by molar-refractivity contribution is 0.0951. The van der Waals surface area contributed by atoms with Crippen molar-refractivity contribution >= 4 is 54.6 Å². The topological polar surface area (TPSA) is 54.5 Å². The highest BCUT2D eigenvalue weighted by Gasteiger charge is 2.20. The number of anilines is 1. The molecule has 1 aliphatic heterocycles. The summed E-state index contributed by atoms with van der Waals surface area (Å²) in [4.78, 5) is 19.9. The molecule has 0 bridgehead atoms. The number of hydrogen-bond donors (Lipinski definition) is 1. The number of carbonyl (C=O) groups is 1. The fourth-order valence-corrected chi connectivity index (χ4v) is 5.75. The molecule has 0 saturated carbocycles. The van der Waals surface area contributed by atoms with E-state index in [1.54, 1.807) is 11.3 Å². The summed E-state index contributed by atoms with van der Waals surface area (Å²) >= 11 is 3.18. The van der Waals surface area contributed by atoms with Crippen molar-refractivity contribution in [3.8, 4) is 0 Å². The Labute approximate surface area is 176 Å². The summed E-state index contributed by atoms with van der Waals surface area (Å²) in [7, 11) is 0. The van der Waals surface area contributed by atoms with E-state index in [1.165, 1.54) is 21.4 Å². The van der Waals surface area contributed by atoms with Crippen LogP contribution in [-0.4, -0.2) is 37.2 Å². The number of nitrogens with zero attached hydrogens (tertiary/aromatic N) is 2. The molecule has 1 fully saturated rings. The molecule has 0 aliphatic carbocycles. The molecule has 1 saturated heterocycles. The monoisotopic (exact) mass is 423 g/mol. The van der Waals surface area contributed by atoms with E-state index in [0.29, 0.717) is 11.6 Å². The normalized spacial score (nSPS) is 14.6. The highest BCUT2D eigenvalue weighted by atomic mass is 32.1. The van der Waals surface area contributed by atoms with Gasteiger partial charge >= 0.3 is 0 Å². The number of fused-ring (bicyclic) bond motifs is 2. The second-order valence-corrected chi connectivity index (χ2v) is 9.05. The highest BCUT2D eigenvalue weighted by Crippen LogP contribution is 2.34. The van der Waals surface area contributed by atoms with Gasteiger partial charge in [-0.15, -0.1) is 22.7 Å². The molecule has 3 heterocycles. The van der Waals surface area contributed by atoms with Gasteiger partial charge in [0, 0.05) is 24.3 Å². The van der Waals surface area contributed by atoms with E-state index in [2.05, 4.69) is 44.8 Å². The zero-order chi connectivity index (χ0) is 19.8. The van der Waals surface area contributed by atoms with E-state index in [1.807, 2.05) is 19.1 Å². The third-order valence-corrected chi connectivity index (χ3v) is 7.36. The molecule has 5 nitrogen and oxygen atoms in total. The minimum atomic E-state index is -0.117. The van der Waals surface area contributed by atoms with Crippen molar-refractivity contribution in [1.82, 2.24) is 10.3 Å². The Bertz CT molecular complexity index is 1190. The van der Waals surface area contributed by atoms with Crippen LogP contribution in [0.5, 0.6) is 0 Å². The van der Waals surface area contributed by atoms with Gasteiger partial charge in [-0.2, -0.15) is 0 Å². The summed E-state index contributed by atoms with van der Waals surface area (Å²) < 4.78 is 7.80. The van der Waals surface area contributed by atoms with Gasteiger partial charge in [-0.05, 0) is 40.9 Å². The number of aromatic nitrogens is 1. The Kier molecular flexibility index (Phi) is 4.95.